The molecule has 8 nitrogen and oxygen atoms in total. The van der Waals surface area contributed by atoms with E-state index in [0.29, 0.717) is 31.4 Å². The third kappa shape index (κ3) is 7.14. The average molecular weight is 426 g/mol. The van der Waals surface area contributed by atoms with Gasteiger partial charge in [0.05, 0.1) is 24.0 Å². The van der Waals surface area contributed by atoms with E-state index in [1.54, 1.807) is 12.1 Å². The average Bonchev–Trinajstić information content (AvgIpc) is 2.68. The van der Waals surface area contributed by atoms with Crippen molar-refractivity contribution < 1.29 is 14.3 Å². The minimum absolute atomic E-state index is 0.0181. The number of benzene rings is 1. The summed E-state index contributed by atoms with van der Waals surface area (Å²) in [6.45, 7) is 5.51. The lowest BCUT2D eigenvalue weighted by Crippen LogP contribution is -2.47. The molecule has 0 bridgehead atoms. The number of para-hydroxylation sites is 1. The Morgan fingerprint density at radius 3 is 2.42 bits per heavy atom. The number of hydrogen-bond acceptors (Lipinski definition) is 6. The van der Waals surface area contributed by atoms with Crippen LogP contribution in [-0.4, -0.2) is 28.9 Å². The van der Waals surface area contributed by atoms with Gasteiger partial charge in [0, 0.05) is 17.4 Å². The zero-order valence-corrected chi connectivity index (χ0v) is 18.3. The molecule has 1 aromatic rings. The topological polar surface area (TPSA) is 141 Å². The number of anilines is 1. The molecule has 1 amide bonds. The number of ether oxygens (including phenoxy) is 1. The first-order valence-corrected chi connectivity index (χ1v) is 10.3. The molecule has 1 fully saturated rings. The number of carbonyl (C=O) groups excluding carboxylic acids is 2. The molecule has 0 heterocycles. The minimum Gasteiger partial charge on any atom is -0.460 e. The first-order chi connectivity index (χ1) is 14.6. The molecule has 5 N–H and O–H groups in total. The summed E-state index contributed by atoms with van der Waals surface area (Å²) in [6, 6.07) is 11.2. The van der Waals surface area contributed by atoms with Gasteiger partial charge >= 0.3 is 5.97 Å². The second kappa shape index (κ2) is 10.1. The van der Waals surface area contributed by atoms with Gasteiger partial charge in [0.2, 0.25) is 0 Å². The highest BCUT2D eigenvalue weighted by atomic mass is 16.6. The number of primary amides is 1. The van der Waals surface area contributed by atoms with Crippen LogP contribution >= 0.6 is 0 Å². The van der Waals surface area contributed by atoms with Crippen molar-refractivity contribution in [1.82, 2.24) is 5.32 Å². The van der Waals surface area contributed by atoms with E-state index in [-0.39, 0.29) is 29.7 Å². The molecule has 0 radical (unpaired) electrons. The molecule has 0 aliphatic heterocycles. The summed E-state index contributed by atoms with van der Waals surface area (Å²) in [5, 5.41) is 23.6. The molecule has 8 heteroatoms. The fraction of sp³-hybridized carbons (Fsp3) is 0.478. The Morgan fingerprint density at radius 1 is 1.29 bits per heavy atom. The van der Waals surface area contributed by atoms with E-state index in [1.807, 2.05) is 39.0 Å². The molecule has 0 atom stereocenters. The van der Waals surface area contributed by atoms with Gasteiger partial charge in [-0.2, -0.15) is 5.26 Å². The van der Waals surface area contributed by atoms with Gasteiger partial charge in [-0.05, 0) is 58.6 Å². The number of amidine groups is 1. The lowest BCUT2D eigenvalue weighted by atomic mass is 9.75. The molecule has 2 rings (SSSR count). The van der Waals surface area contributed by atoms with Crippen LogP contribution in [-0.2, 0) is 14.3 Å². The highest BCUT2D eigenvalue weighted by molar-refractivity contribution is 6.23. The highest BCUT2D eigenvalue weighted by Crippen LogP contribution is 2.35. The minimum atomic E-state index is -0.754. The summed E-state index contributed by atoms with van der Waals surface area (Å²) < 4.78 is 5.49. The van der Waals surface area contributed by atoms with Crippen LogP contribution in [0.4, 0.5) is 5.69 Å². The Bertz CT molecular complexity index is 873. The van der Waals surface area contributed by atoms with Crippen LogP contribution in [0.3, 0.4) is 0 Å². The molecule has 1 aliphatic carbocycles. The maximum absolute atomic E-state index is 12.4. The van der Waals surface area contributed by atoms with Gasteiger partial charge in [-0.15, -0.1) is 0 Å². The van der Waals surface area contributed by atoms with Crippen LogP contribution in [0.2, 0.25) is 0 Å². The highest BCUT2D eigenvalue weighted by Gasteiger charge is 2.38. The van der Waals surface area contributed by atoms with E-state index in [4.69, 9.17) is 15.9 Å². The van der Waals surface area contributed by atoms with Crippen molar-refractivity contribution in [3.8, 4) is 6.07 Å². The standard InChI is InChI=1S/C23H31N5O3/c1-22(2,3)31-21(30)16-9-11-23(12-10-16,13-14-24)27-15-18(20(26)29)19(25)28-17-7-5-4-6-8-17/h4-8,15-16,27H,9-13H2,1-3H3,(H2,25,28)(H2,26,29)/b18-15+. The van der Waals surface area contributed by atoms with Crippen LogP contribution in [0.25, 0.3) is 0 Å². The molecule has 0 unspecified atom stereocenters. The first kappa shape index (κ1) is 23.9. The van der Waals surface area contributed by atoms with Crippen molar-refractivity contribution in [3.63, 3.8) is 0 Å². The van der Waals surface area contributed by atoms with Crippen LogP contribution < -0.4 is 16.4 Å². The smallest absolute Gasteiger partial charge is 0.309 e. The molecular weight excluding hydrogens is 394 g/mol. The number of nitrogens with one attached hydrogen (secondary N) is 3. The lowest BCUT2D eigenvalue weighted by molar-refractivity contribution is -0.161. The second-order valence-corrected chi connectivity index (χ2v) is 8.86. The van der Waals surface area contributed by atoms with Crippen molar-refractivity contribution >= 4 is 23.4 Å². The van der Waals surface area contributed by atoms with Gasteiger partial charge in [0.1, 0.15) is 11.4 Å². The summed E-state index contributed by atoms with van der Waals surface area (Å²) >= 11 is 0. The Balaban J connectivity index is 2.09. The maximum atomic E-state index is 12.4. The molecule has 31 heavy (non-hydrogen) atoms. The zero-order chi connectivity index (χ0) is 23.1. The number of amides is 1. The van der Waals surface area contributed by atoms with Gasteiger partial charge < -0.3 is 21.1 Å². The van der Waals surface area contributed by atoms with Gasteiger partial charge in [0.25, 0.3) is 5.91 Å². The summed E-state index contributed by atoms with van der Waals surface area (Å²) in [5.74, 6) is -1.33. The number of nitrogens with two attached hydrogens (primary N) is 1. The van der Waals surface area contributed by atoms with Crippen LogP contribution in [0, 0.1) is 22.7 Å². The number of esters is 1. The Morgan fingerprint density at radius 2 is 1.90 bits per heavy atom. The molecule has 0 aromatic heterocycles. The molecule has 0 spiro atoms. The number of nitriles is 1. The van der Waals surface area contributed by atoms with E-state index in [0.717, 1.165) is 0 Å². The molecule has 1 aliphatic rings. The Hall–Kier alpha value is -3.34. The molecule has 166 valence electrons. The molecule has 1 saturated carbocycles. The summed E-state index contributed by atoms with van der Waals surface area (Å²) in [7, 11) is 0. The second-order valence-electron chi connectivity index (χ2n) is 8.86. The summed E-state index contributed by atoms with van der Waals surface area (Å²) in [5.41, 5.74) is 4.99. The van der Waals surface area contributed by atoms with E-state index in [9.17, 15) is 14.9 Å². The quantitative estimate of drug-likeness (QED) is 0.229. The van der Waals surface area contributed by atoms with Gasteiger partial charge in [-0.3, -0.25) is 15.0 Å². The first-order valence-electron chi connectivity index (χ1n) is 10.3. The van der Waals surface area contributed by atoms with Crippen LogP contribution in [0.5, 0.6) is 0 Å². The maximum Gasteiger partial charge on any atom is 0.309 e. The zero-order valence-electron chi connectivity index (χ0n) is 18.3. The molecule has 1 aromatic carbocycles. The van der Waals surface area contributed by atoms with Gasteiger partial charge in [-0.25, -0.2) is 0 Å². The molecule has 0 saturated heterocycles. The van der Waals surface area contributed by atoms with Crippen molar-refractivity contribution in [2.45, 2.75) is 64.0 Å². The fourth-order valence-electron chi connectivity index (χ4n) is 3.54. The monoisotopic (exact) mass is 425 g/mol. The third-order valence-corrected chi connectivity index (χ3v) is 5.20. The third-order valence-electron chi connectivity index (χ3n) is 5.20. The van der Waals surface area contributed by atoms with Gasteiger partial charge in [0.15, 0.2) is 0 Å². The summed E-state index contributed by atoms with van der Waals surface area (Å²) in [4.78, 5) is 24.3. The van der Waals surface area contributed by atoms with Crippen LogP contribution in [0.1, 0.15) is 52.9 Å². The van der Waals surface area contributed by atoms with Crippen molar-refractivity contribution in [1.29, 1.82) is 10.7 Å². The Labute approximate surface area is 183 Å². The predicted molar refractivity (Wildman–Crippen MR) is 119 cm³/mol. The fourth-order valence-corrected chi connectivity index (χ4v) is 3.54. The van der Waals surface area contributed by atoms with E-state index >= 15 is 0 Å². The normalized spacial score (nSPS) is 21.5. The predicted octanol–water partition coefficient (Wildman–Crippen LogP) is 3.22. The van der Waals surface area contributed by atoms with Crippen molar-refractivity contribution in [2.75, 3.05) is 5.32 Å². The Kier molecular flexibility index (Phi) is 7.81. The summed E-state index contributed by atoms with van der Waals surface area (Å²) in [6.07, 6.45) is 3.88. The van der Waals surface area contributed by atoms with Crippen molar-refractivity contribution in [3.05, 3.63) is 42.1 Å². The number of rotatable bonds is 7. The van der Waals surface area contributed by atoms with Crippen LogP contribution in [0.15, 0.2) is 42.1 Å². The van der Waals surface area contributed by atoms with Gasteiger partial charge in [-0.1, -0.05) is 18.2 Å². The van der Waals surface area contributed by atoms with Crippen molar-refractivity contribution in [2.24, 2.45) is 11.7 Å². The largest absolute Gasteiger partial charge is 0.460 e. The lowest BCUT2D eigenvalue weighted by Gasteiger charge is -2.39. The number of hydrogen-bond donors (Lipinski definition) is 4. The number of nitrogens with zero attached hydrogens (tertiary/aromatic N) is 1. The number of carbonyl (C=O) groups is 2. The van der Waals surface area contributed by atoms with E-state index in [2.05, 4.69) is 16.7 Å². The SMILES string of the molecule is CC(C)(C)OC(=O)C1CCC(CC#N)(N/C=C(\C(=N)Nc2ccccc2)C(N)=O)CC1. The van der Waals surface area contributed by atoms with E-state index in [1.165, 1.54) is 6.20 Å². The molecular formula is C23H31N5O3. The van der Waals surface area contributed by atoms with E-state index < -0.39 is 17.0 Å².